The Bertz CT molecular complexity index is 731. The van der Waals surface area contributed by atoms with Crippen molar-refractivity contribution in [2.24, 2.45) is 0 Å². The molecule has 2 aromatic rings. The SMILES string of the molecule is Cc1c(C(C)NC(=O)CC2(O)CCCC2)oc2ccc(F)cc12. The molecule has 1 fully saturated rings. The maximum absolute atomic E-state index is 13.4. The number of hydrogen-bond donors (Lipinski definition) is 2. The number of nitrogens with one attached hydrogen (secondary N) is 1. The molecule has 2 N–H and O–H groups in total. The Morgan fingerprint density at radius 3 is 2.83 bits per heavy atom. The molecule has 1 saturated carbocycles. The summed E-state index contributed by atoms with van der Waals surface area (Å²) in [4.78, 5) is 12.2. The first-order valence-corrected chi connectivity index (χ1v) is 8.08. The Morgan fingerprint density at radius 1 is 1.43 bits per heavy atom. The van der Waals surface area contributed by atoms with E-state index in [9.17, 15) is 14.3 Å². The van der Waals surface area contributed by atoms with Crippen LogP contribution in [0, 0.1) is 12.7 Å². The number of aliphatic hydroxyl groups is 1. The van der Waals surface area contributed by atoms with Gasteiger partial charge in [-0.15, -0.1) is 0 Å². The number of hydrogen-bond acceptors (Lipinski definition) is 3. The lowest BCUT2D eigenvalue weighted by Crippen LogP contribution is -2.35. The Hall–Kier alpha value is -1.88. The zero-order valence-electron chi connectivity index (χ0n) is 13.5. The van der Waals surface area contributed by atoms with Crippen molar-refractivity contribution < 1.29 is 18.7 Å². The van der Waals surface area contributed by atoms with Gasteiger partial charge in [-0.1, -0.05) is 12.8 Å². The first kappa shape index (κ1) is 16.0. The standard InChI is InChI=1S/C18H22FNO3/c1-11-14-9-13(19)5-6-15(14)23-17(11)12(2)20-16(21)10-18(22)7-3-4-8-18/h5-6,9,12,22H,3-4,7-8,10H2,1-2H3,(H,20,21). The molecule has 1 atom stereocenters. The normalized spacial score (nSPS) is 18.3. The fraction of sp³-hybridized carbons (Fsp3) is 0.500. The smallest absolute Gasteiger partial charge is 0.223 e. The molecule has 5 heteroatoms. The van der Waals surface area contributed by atoms with Gasteiger partial charge in [-0.2, -0.15) is 0 Å². The molecule has 0 spiro atoms. The average molecular weight is 319 g/mol. The van der Waals surface area contributed by atoms with Gasteiger partial charge in [0.15, 0.2) is 0 Å². The van der Waals surface area contributed by atoms with Crippen molar-refractivity contribution >= 4 is 16.9 Å². The second kappa shape index (κ2) is 5.96. The molecule has 1 unspecified atom stereocenters. The summed E-state index contributed by atoms with van der Waals surface area (Å²) in [6.45, 7) is 3.69. The number of benzene rings is 1. The first-order chi connectivity index (χ1) is 10.9. The molecule has 1 amide bonds. The minimum Gasteiger partial charge on any atom is -0.459 e. The maximum atomic E-state index is 13.4. The summed E-state index contributed by atoms with van der Waals surface area (Å²) < 4.78 is 19.1. The minimum atomic E-state index is -0.865. The largest absolute Gasteiger partial charge is 0.459 e. The van der Waals surface area contributed by atoms with Gasteiger partial charge >= 0.3 is 0 Å². The molecule has 4 nitrogen and oxygen atoms in total. The summed E-state index contributed by atoms with van der Waals surface area (Å²) in [5.41, 5.74) is 0.567. The predicted octanol–water partition coefficient (Wildman–Crippen LogP) is 3.75. The van der Waals surface area contributed by atoms with Crippen LogP contribution in [0.15, 0.2) is 22.6 Å². The average Bonchev–Trinajstić information content (AvgIpc) is 3.03. The number of carbonyl (C=O) groups excluding carboxylic acids is 1. The summed E-state index contributed by atoms with van der Waals surface area (Å²) in [6, 6.07) is 4.06. The second-order valence-corrected chi connectivity index (χ2v) is 6.63. The van der Waals surface area contributed by atoms with E-state index in [-0.39, 0.29) is 24.2 Å². The zero-order chi connectivity index (χ0) is 16.6. The van der Waals surface area contributed by atoms with Crippen LogP contribution in [-0.2, 0) is 4.79 Å². The van der Waals surface area contributed by atoms with E-state index in [0.29, 0.717) is 24.2 Å². The quantitative estimate of drug-likeness (QED) is 0.902. The molecule has 1 aromatic heterocycles. The van der Waals surface area contributed by atoms with Gasteiger partial charge in [0, 0.05) is 10.9 Å². The van der Waals surface area contributed by atoms with Crippen molar-refractivity contribution in [3.05, 3.63) is 35.3 Å². The van der Waals surface area contributed by atoms with Gasteiger partial charge in [0.25, 0.3) is 0 Å². The summed E-state index contributed by atoms with van der Waals surface area (Å²) in [5.74, 6) is 0.124. The molecule has 1 aromatic carbocycles. The van der Waals surface area contributed by atoms with E-state index in [1.807, 2.05) is 13.8 Å². The van der Waals surface area contributed by atoms with Crippen LogP contribution in [0.4, 0.5) is 4.39 Å². The maximum Gasteiger partial charge on any atom is 0.223 e. The number of furan rings is 1. The van der Waals surface area contributed by atoms with Crippen LogP contribution in [0.1, 0.15) is 56.4 Å². The summed E-state index contributed by atoms with van der Waals surface area (Å²) in [7, 11) is 0. The van der Waals surface area contributed by atoms with Crippen LogP contribution in [0.25, 0.3) is 11.0 Å². The van der Waals surface area contributed by atoms with E-state index in [1.54, 1.807) is 6.07 Å². The highest BCUT2D eigenvalue weighted by atomic mass is 19.1. The summed E-state index contributed by atoms with van der Waals surface area (Å²) in [6.07, 6.45) is 3.40. The number of fused-ring (bicyclic) bond motifs is 1. The molecule has 0 saturated heterocycles. The molecule has 0 aliphatic heterocycles. The number of rotatable bonds is 4. The molecule has 124 valence electrons. The third-order valence-corrected chi connectivity index (χ3v) is 4.73. The third kappa shape index (κ3) is 3.24. The van der Waals surface area contributed by atoms with E-state index in [0.717, 1.165) is 23.8 Å². The van der Waals surface area contributed by atoms with E-state index in [2.05, 4.69) is 5.32 Å². The van der Waals surface area contributed by atoms with E-state index in [4.69, 9.17) is 4.42 Å². The molecule has 1 aliphatic rings. The van der Waals surface area contributed by atoms with Crippen molar-refractivity contribution in [1.82, 2.24) is 5.32 Å². The summed E-state index contributed by atoms with van der Waals surface area (Å²) in [5, 5.41) is 13.9. The van der Waals surface area contributed by atoms with Crippen molar-refractivity contribution in [2.75, 3.05) is 0 Å². The van der Waals surface area contributed by atoms with E-state index in [1.165, 1.54) is 12.1 Å². The molecule has 3 rings (SSSR count). The van der Waals surface area contributed by atoms with Gasteiger partial charge < -0.3 is 14.8 Å². The van der Waals surface area contributed by atoms with Crippen LogP contribution < -0.4 is 5.32 Å². The van der Waals surface area contributed by atoms with E-state index >= 15 is 0 Å². The number of amides is 1. The Labute approximate surface area is 134 Å². The highest BCUT2D eigenvalue weighted by Crippen LogP contribution is 2.33. The molecule has 23 heavy (non-hydrogen) atoms. The van der Waals surface area contributed by atoms with Crippen molar-refractivity contribution in [3.8, 4) is 0 Å². The predicted molar refractivity (Wildman–Crippen MR) is 85.5 cm³/mol. The molecular weight excluding hydrogens is 297 g/mol. The third-order valence-electron chi connectivity index (χ3n) is 4.73. The van der Waals surface area contributed by atoms with Crippen LogP contribution in [0.5, 0.6) is 0 Å². The first-order valence-electron chi connectivity index (χ1n) is 8.08. The topological polar surface area (TPSA) is 62.5 Å². The van der Waals surface area contributed by atoms with Crippen molar-refractivity contribution in [3.63, 3.8) is 0 Å². The molecule has 0 bridgehead atoms. The van der Waals surface area contributed by atoms with Gasteiger partial charge in [0.2, 0.25) is 5.91 Å². The summed E-state index contributed by atoms with van der Waals surface area (Å²) >= 11 is 0. The molecule has 1 aliphatic carbocycles. The van der Waals surface area contributed by atoms with Gasteiger partial charge in [0.05, 0.1) is 18.1 Å². The van der Waals surface area contributed by atoms with Crippen molar-refractivity contribution in [1.29, 1.82) is 0 Å². The Balaban J connectivity index is 1.74. The molecular formula is C18H22FNO3. The zero-order valence-corrected chi connectivity index (χ0v) is 13.5. The van der Waals surface area contributed by atoms with Gasteiger partial charge in [0.1, 0.15) is 17.2 Å². The number of carbonyl (C=O) groups is 1. The number of halogens is 1. The Morgan fingerprint density at radius 2 is 2.13 bits per heavy atom. The highest BCUT2D eigenvalue weighted by Gasteiger charge is 2.34. The molecule has 0 radical (unpaired) electrons. The van der Waals surface area contributed by atoms with Crippen LogP contribution >= 0.6 is 0 Å². The lowest BCUT2D eigenvalue weighted by atomic mass is 9.97. The van der Waals surface area contributed by atoms with E-state index < -0.39 is 5.60 Å². The Kier molecular flexibility index (Phi) is 4.15. The van der Waals surface area contributed by atoms with Gasteiger partial charge in [-0.3, -0.25) is 4.79 Å². The van der Waals surface area contributed by atoms with Crippen LogP contribution in [-0.4, -0.2) is 16.6 Å². The second-order valence-electron chi connectivity index (χ2n) is 6.63. The lowest BCUT2D eigenvalue weighted by Gasteiger charge is -2.22. The van der Waals surface area contributed by atoms with Crippen molar-refractivity contribution in [2.45, 2.75) is 57.6 Å². The van der Waals surface area contributed by atoms with Crippen LogP contribution in [0.3, 0.4) is 0 Å². The van der Waals surface area contributed by atoms with Gasteiger partial charge in [-0.05, 0) is 44.9 Å². The highest BCUT2D eigenvalue weighted by molar-refractivity contribution is 5.83. The monoisotopic (exact) mass is 319 g/mol. The van der Waals surface area contributed by atoms with Crippen LogP contribution in [0.2, 0.25) is 0 Å². The number of aryl methyl sites for hydroxylation is 1. The fourth-order valence-corrected chi connectivity index (χ4v) is 3.49. The minimum absolute atomic E-state index is 0.116. The molecule has 1 heterocycles. The lowest BCUT2D eigenvalue weighted by molar-refractivity contribution is -0.126. The fourth-order valence-electron chi connectivity index (χ4n) is 3.49. The van der Waals surface area contributed by atoms with Gasteiger partial charge in [-0.25, -0.2) is 4.39 Å².